The lowest BCUT2D eigenvalue weighted by atomic mass is 10.0. The molecule has 0 aliphatic rings. The van der Waals surface area contributed by atoms with Crippen LogP contribution in [0.3, 0.4) is 0 Å². The largest absolute Gasteiger partial charge is 0.508 e. The molecule has 0 aliphatic heterocycles. The first-order chi connectivity index (χ1) is 15.1. The molecule has 0 aromatic heterocycles. The molecule has 0 N–H and O–H groups in total. The molecule has 0 rings (SSSR count). The van der Waals surface area contributed by atoms with Crippen molar-refractivity contribution in [3.05, 3.63) is 0 Å². The van der Waals surface area contributed by atoms with Crippen LogP contribution in [0.15, 0.2) is 0 Å². The summed E-state index contributed by atoms with van der Waals surface area (Å²) in [6.07, 6.45) is 8.24. The number of hydrogen-bond donors (Lipinski definition) is 0. The Morgan fingerprint density at radius 2 is 1.03 bits per heavy atom. The van der Waals surface area contributed by atoms with Gasteiger partial charge in [0.2, 0.25) is 0 Å². The van der Waals surface area contributed by atoms with E-state index in [1.807, 2.05) is 41.5 Å². The zero-order valence-corrected chi connectivity index (χ0v) is 22.0. The van der Waals surface area contributed by atoms with Crippen LogP contribution in [0.25, 0.3) is 0 Å². The van der Waals surface area contributed by atoms with Crippen LogP contribution in [0.5, 0.6) is 0 Å². The molecule has 2 unspecified atom stereocenters. The molecule has 0 heterocycles. The molecular weight excluding hydrogens is 412 g/mol. The smallest absolute Gasteiger partial charge is 0.428 e. The van der Waals surface area contributed by atoms with Crippen molar-refractivity contribution in [1.29, 1.82) is 0 Å². The summed E-state index contributed by atoms with van der Waals surface area (Å²) in [7, 11) is 0. The van der Waals surface area contributed by atoms with Crippen LogP contribution in [0.4, 0.5) is 4.79 Å². The Labute approximate surface area is 196 Å². The lowest BCUT2D eigenvalue weighted by Crippen LogP contribution is -2.32. The first kappa shape index (κ1) is 31.1. The highest BCUT2D eigenvalue weighted by molar-refractivity contribution is 5.60. The molecule has 0 aliphatic carbocycles. The molecule has 0 radical (unpaired) electrons. The first-order valence-corrected chi connectivity index (χ1v) is 12.6. The van der Waals surface area contributed by atoms with Crippen LogP contribution in [0.2, 0.25) is 0 Å². The van der Waals surface area contributed by atoms with Gasteiger partial charge in [0, 0.05) is 0 Å². The maximum absolute atomic E-state index is 12.2. The van der Waals surface area contributed by atoms with Crippen LogP contribution in [-0.4, -0.2) is 42.8 Å². The van der Waals surface area contributed by atoms with Crippen LogP contribution in [-0.2, 0) is 29.0 Å². The highest BCUT2D eigenvalue weighted by atomic mass is 17.2. The van der Waals surface area contributed by atoms with Gasteiger partial charge < -0.3 is 9.47 Å². The third-order valence-electron chi connectivity index (χ3n) is 5.28. The molecule has 2 atom stereocenters. The van der Waals surface area contributed by atoms with Crippen molar-refractivity contribution in [3.63, 3.8) is 0 Å². The molecule has 7 nitrogen and oxygen atoms in total. The molecule has 0 fully saturated rings. The Balaban J connectivity index is 4.27. The molecule has 0 saturated heterocycles. The van der Waals surface area contributed by atoms with Crippen molar-refractivity contribution in [2.24, 2.45) is 0 Å². The zero-order valence-electron chi connectivity index (χ0n) is 22.0. The maximum Gasteiger partial charge on any atom is 0.508 e. The SMILES string of the molecule is CCCCCC(C)(C)OOCC(CC)OC(=O)OC(CC)COOC(C)(C)CCCCC. The Kier molecular flexibility index (Phi) is 17.1. The van der Waals surface area contributed by atoms with Crippen LogP contribution >= 0.6 is 0 Å². The van der Waals surface area contributed by atoms with Crippen molar-refractivity contribution in [1.82, 2.24) is 0 Å². The van der Waals surface area contributed by atoms with Gasteiger partial charge in [-0.3, -0.25) is 0 Å². The van der Waals surface area contributed by atoms with Crippen LogP contribution < -0.4 is 0 Å². The van der Waals surface area contributed by atoms with Gasteiger partial charge in [0.15, 0.2) is 0 Å². The summed E-state index contributed by atoms with van der Waals surface area (Å²) < 4.78 is 10.8. The number of unbranched alkanes of at least 4 members (excludes halogenated alkanes) is 4. The third kappa shape index (κ3) is 16.7. The van der Waals surface area contributed by atoms with E-state index in [4.69, 9.17) is 29.0 Å². The van der Waals surface area contributed by atoms with Crippen molar-refractivity contribution in [2.45, 2.75) is 143 Å². The predicted octanol–water partition coefficient (Wildman–Crippen LogP) is 7.31. The fourth-order valence-corrected chi connectivity index (χ4v) is 2.99. The van der Waals surface area contributed by atoms with Gasteiger partial charge in [-0.25, -0.2) is 24.3 Å². The Bertz CT molecular complexity index is 425. The monoisotopic (exact) mass is 462 g/mol. The summed E-state index contributed by atoms with van der Waals surface area (Å²) in [5.74, 6) is 0. The summed E-state index contributed by atoms with van der Waals surface area (Å²) in [5.41, 5.74) is -0.744. The Hall–Kier alpha value is -0.890. The van der Waals surface area contributed by atoms with Crippen LogP contribution in [0, 0.1) is 0 Å². The van der Waals surface area contributed by atoms with E-state index in [-0.39, 0.29) is 24.4 Å². The Morgan fingerprint density at radius 3 is 1.34 bits per heavy atom. The van der Waals surface area contributed by atoms with E-state index in [2.05, 4.69) is 13.8 Å². The van der Waals surface area contributed by atoms with Crippen molar-refractivity contribution < 1.29 is 33.8 Å². The molecule has 32 heavy (non-hydrogen) atoms. The number of carbonyl (C=O) groups is 1. The highest BCUT2D eigenvalue weighted by Gasteiger charge is 2.24. The minimum absolute atomic E-state index is 0.158. The van der Waals surface area contributed by atoms with Gasteiger partial charge in [-0.2, -0.15) is 0 Å². The van der Waals surface area contributed by atoms with E-state index in [1.54, 1.807) is 0 Å². The predicted molar refractivity (Wildman–Crippen MR) is 126 cm³/mol. The van der Waals surface area contributed by atoms with E-state index >= 15 is 0 Å². The summed E-state index contributed by atoms with van der Waals surface area (Å²) in [5, 5.41) is 0. The van der Waals surface area contributed by atoms with Crippen molar-refractivity contribution in [3.8, 4) is 0 Å². The average Bonchev–Trinajstić information content (AvgIpc) is 2.72. The summed E-state index contributed by atoms with van der Waals surface area (Å²) in [6, 6.07) is 0. The van der Waals surface area contributed by atoms with E-state index in [9.17, 15) is 4.79 Å². The molecule has 7 heteroatoms. The molecular formula is C25H50O7. The van der Waals surface area contributed by atoms with Gasteiger partial charge in [-0.1, -0.05) is 66.2 Å². The van der Waals surface area contributed by atoms with Gasteiger partial charge in [0.05, 0.1) is 11.2 Å². The quantitative estimate of drug-likeness (QED) is 0.0812. The number of carbonyl (C=O) groups excluding carboxylic acids is 1. The highest BCUT2D eigenvalue weighted by Crippen LogP contribution is 2.20. The van der Waals surface area contributed by atoms with Gasteiger partial charge >= 0.3 is 6.16 Å². The second-order valence-electron chi connectivity index (χ2n) is 9.72. The fourth-order valence-electron chi connectivity index (χ4n) is 2.99. The van der Waals surface area contributed by atoms with Gasteiger partial charge in [-0.05, 0) is 53.4 Å². The average molecular weight is 463 g/mol. The normalized spacial score (nSPS) is 14.2. The fraction of sp³-hybridized carbons (Fsp3) is 0.960. The number of ether oxygens (including phenoxy) is 2. The summed E-state index contributed by atoms with van der Waals surface area (Å²) in [4.78, 5) is 34.1. The molecule has 0 bridgehead atoms. The lowest BCUT2D eigenvalue weighted by molar-refractivity contribution is -0.364. The third-order valence-corrected chi connectivity index (χ3v) is 5.28. The van der Waals surface area contributed by atoms with E-state index < -0.39 is 18.4 Å². The second kappa shape index (κ2) is 17.6. The van der Waals surface area contributed by atoms with Gasteiger partial charge in [-0.15, -0.1) is 0 Å². The van der Waals surface area contributed by atoms with Crippen molar-refractivity contribution in [2.75, 3.05) is 13.2 Å². The Morgan fingerprint density at radius 1 is 0.656 bits per heavy atom. The molecule has 192 valence electrons. The van der Waals surface area contributed by atoms with Gasteiger partial charge in [0.1, 0.15) is 25.4 Å². The standard InChI is InChI=1S/C25H50O7/c1-9-13-15-17-24(5,6)31-27-19-21(11-3)29-23(26)30-22(12-4)20-28-32-25(7,8)18-16-14-10-2/h21-22H,9-20H2,1-8H3. The minimum Gasteiger partial charge on any atom is -0.428 e. The number of hydrogen-bond acceptors (Lipinski definition) is 7. The van der Waals surface area contributed by atoms with E-state index in [0.29, 0.717) is 12.8 Å². The topological polar surface area (TPSA) is 72.5 Å². The van der Waals surface area contributed by atoms with Gasteiger partial charge in [0.25, 0.3) is 0 Å². The second-order valence-corrected chi connectivity index (χ2v) is 9.72. The lowest BCUT2D eigenvalue weighted by Gasteiger charge is -2.26. The molecule has 0 aromatic carbocycles. The zero-order chi connectivity index (χ0) is 24.5. The van der Waals surface area contributed by atoms with Crippen LogP contribution in [0.1, 0.15) is 120 Å². The van der Waals surface area contributed by atoms with Crippen molar-refractivity contribution >= 4 is 6.16 Å². The molecule has 0 aromatic rings. The number of rotatable bonds is 20. The summed E-state index contributed by atoms with van der Waals surface area (Å²) in [6.45, 7) is 16.5. The molecule has 0 spiro atoms. The maximum atomic E-state index is 12.2. The first-order valence-electron chi connectivity index (χ1n) is 12.6. The minimum atomic E-state index is -0.736. The van der Waals surface area contributed by atoms with E-state index in [1.165, 1.54) is 12.8 Å². The molecule has 0 saturated carbocycles. The molecule has 0 amide bonds. The van der Waals surface area contributed by atoms with E-state index in [0.717, 1.165) is 38.5 Å². The summed E-state index contributed by atoms with van der Waals surface area (Å²) >= 11 is 0.